The fourth-order valence-corrected chi connectivity index (χ4v) is 4.24. The van der Waals surface area contributed by atoms with Crippen molar-refractivity contribution in [2.45, 2.75) is 6.92 Å². The Kier molecular flexibility index (Phi) is 6.37. The van der Waals surface area contributed by atoms with Crippen LogP contribution in [0.3, 0.4) is 0 Å². The number of carbonyl (C=O) groups excluding carboxylic acids is 1. The van der Waals surface area contributed by atoms with Gasteiger partial charge in [0.1, 0.15) is 0 Å². The summed E-state index contributed by atoms with van der Waals surface area (Å²) in [6.07, 6.45) is 1.70. The molecule has 0 radical (unpaired) electrons. The number of benzene rings is 2. The maximum absolute atomic E-state index is 13.0. The van der Waals surface area contributed by atoms with Crippen LogP contribution in [0, 0.1) is 0 Å². The molecule has 11 heteroatoms. The van der Waals surface area contributed by atoms with E-state index in [2.05, 4.69) is 10.1 Å². The Bertz CT molecular complexity index is 1470. The molecule has 4 rings (SSSR count). The highest BCUT2D eigenvalue weighted by Gasteiger charge is 2.18. The van der Waals surface area contributed by atoms with Gasteiger partial charge in [-0.1, -0.05) is 17.4 Å². The number of hydrogen-bond donors (Lipinski definition) is 0. The second kappa shape index (κ2) is 9.40. The lowest BCUT2D eigenvalue weighted by Crippen LogP contribution is -2.23. The van der Waals surface area contributed by atoms with Crippen molar-refractivity contribution in [3.05, 3.63) is 50.8 Å². The number of fused-ring (bicyclic) bond motifs is 1. The quantitative estimate of drug-likeness (QED) is 0.289. The van der Waals surface area contributed by atoms with Crippen LogP contribution in [-0.2, 0) is 4.79 Å². The number of aromatic nitrogens is 3. The van der Waals surface area contributed by atoms with Gasteiger partial charge in [-0.2, -0.15) is 9.50 Å². The molecule has 0 amide bonds. The van der Waals surface area contributed by atoms with E-state index in [4.69, 9.17) is 23.7 Å². The monoisotopic (exact) mass is 483 g/mol. The Morgan fingerprint density at radius 3 is 2.18 bits per heavy atom. The van der Waals surface area contributed by atoms with Crippen LogP contribution in [0.15, 0.2) is 35.1 Å². The molecule has 0 saturated carbocycles. The zero-order valence-electron chi connectivity index (χ0n) is 19.1. The third-order valence-electron chi connectivity index (χ3n) is 4.84. The van der Waals surface area contributed by atoms with Crippen LogP contribution in [0.4, 0.5) is 0 Å². The molecule has 34 heavy (non-hydrogen) atoms. The number of thiazole rings is 1. The van der Waals surface area contributed by atoms with Crippen LogP contribution in [0.5, 0.6) is 28.7 Å². The molecular formula is C23H21N3O7S. The highest BCUT2D eigenvalue weighted by molar-refractivity contribution is 7.15. The van der Waals surface area contributed by atoms with Gasteiger partial charge in [0.15, 0.2) is 28.8 Å². The van der Waals surface area contributed by atoms with Gasteiger partial charge < -0.3 is 23.7 Å². The number of nitrogens with zero attached hydrogens (tertiary/aromatic N) is 3. The van der Waals surface area contributed by atoms with Crippen molar-refractivity contribution in [3.8, 4) is 40.1 Å². The predicted octanol–water partition coefficient (Wildman–Crippen LogP) is 2.33. The standard InChI is InChI=1S/C23H21N3O7S/c1-12(27)33-15-7-6-13(8-16(15)29-2)9-19-22(28)26-23(34-19)24-21(25-26)14-10-17(30-3)20(32-5)18(11-14)31-4/h6-11H,1-5H3/b19-9-. The maximum Gasteiger partial charge on any atom is 0.308 e. The minimum Gasteiger partial charge on any atom is -0.493 e. The second-order valence-corrected chi connectivity index (χ2v) is 7.97. The van der Waals surface area contributed by atoms with E-state index in [9.17, 15) is 9.59 Å². The summed E-state index contributed by atoms with van der Waals surface area (Å²) < 4.78 is 28.2. The highest BCUT2D eigenvalue weighted by Crippen LogP contribution is 2.40. The fraction of sp³-hybridized carbons (Fsp3) is 0.217. The smallest absolute Gasteiger partial charge is 0.308 e. The lowest BCUT2D eigenvalue weighted by molar-refractivity contribution is -0.132. The Morgan fingerprint density at radius 2 is 1.62 bits per heavy atom. The molecule has 0 spiro atoms. The van der Waals surface area contributed by atoms with Crippen molar-refractivity contribution >= 4 is 28.3 Å². The van der Waals surface area contributed by atoms with Crippen LogP contribution >= 0.6 is 11.3 Å². The Hall–Kier alpha value is -4.12. The zero-order chi connectivity index (χ0) is 24.4. The molecule has 0 aliphatic heterocycles. The first-order valence-corrected chi connectivity index (χ1v) is 10.8. The summed E-state index contributed by atoms with van der Waals surface area (Å²) in [6.45, 7) is 1.31. The van der Waals surface area contributed by atoms with Crippen LogP contribution in [0.25, 0.3) is 22.4 Å². The predicted molar refractivity (Wildman–Crippen MR) is 125 cm³/mol. The van der Waals surface area contributed by atoms with Gasteiger partial charge in [-0.05, 0) is 35.9 Å². The summed E-state index contributed by atoms with van der Waals surface area (Å²) in [5, 5.41) is 4.38. The minimum atomic E-state index is -0.453. The largest absolute Gasteiger partial charge is 0.493 e. The summed E-state index contributed by atoms with van der Waals surface area (Å²) in [4.78, 5) is 29.1. The van der Waals surface area contributed by atoms with Crippen LogP contribution in [-0.4, -0.2) is 49.0 Å². The lowest BCUT2D eigenvalue weighted by Gasteiger charge is -2.12. The van der Waals surface area contributed by atoms with Crippen molar-refractivity contribution < 1.29 is 28.5 Å². The molecule has 0 unspecified atom stereocenters. The van der Waals surface area contributed by atoms with Crippen LogP contribution in [0.1, 0.15) is 12.5 Å². The van der Waals surface area contributed by atoms with Crippen LogP contribution in [0.2, 0.25) is 0 Å². The van der Waals surface area contributed by atoms with E-state index >= 15 is 0 Å². The molecule has 2 aromatic heterocycles. The molecular weight excluding hydrogens is 462 g/mol. The van der Waals surface area contributed by atoms with E-state index in [1.165, 1.54) is 51.2 Å². The fourth-order valence-electron chi connectivity index (χ4n) is 3.33. The van der Waals surface area contributed by atoms with E-state index < -0.39 is 5.97 Å². The molecule has 0 N–H and O–H groups in total. The van der Waals surface area contributed by atoms with E-state index in [0.717, 1.165) is 0 Å². The van der Waals surface area contributed by atoms with Crippen molar-refractivity contribution in [1.82, 2.24) is 14.6 Å². The van der Waals surface area contributed by atoms with Crippen molar-refractivity contribution in [2.75, 3.05) is 28.4 Å². The second-order valence-electron chi connectivity index (χ2n) is 6.96. The molecule has 0 fully saturated rings. The van der Waals surface area contributed by atoms with Crippen molar-refractivity contribution in [1.29, 1.82) is 0 Å². The number of methoxy groups -OCH3 is 4. The molecule has 2 aromatic carbocycles. The van der Waals surface area contributed by atoms with E-state index in [1.807, 2.05) is 0 Å². The average Bonchev–Trinajstić information content (AvgIpc) is 3.37. The molecule has 4 aromatic rings. The molecule has 0 aliphatic carbocycles. The minimum absolute atomic E-state index is 0.298. The Morgan fingerprint density at radius 1 is 0.941 bits per heavy atom. The van der Waals surface area contributed by atoms with Gasteiger partial charge in [0.2, 0.25) is 10.7 Å². The first kappa shape index (κ1) is 23.1. The Balaban J connectivity index is 1.75. The van der Waals surface area contributed by atoms with Gasteiger partial charge in [0.25, 0.3) is 5.56 Å². The summed E-state index contributed by atoms with van der Waals surface area (Å²) in [5.41, 5.74) is 0.995. The third-order valence-corrected chi connectivity index (χ3v) is 5.80. The first-order chi connectivity index (χ1) is 16.4. The van der Waals surface area contributed by atoms with E-state index in [0.29, 0.717) is 55.2 Å². The normalized spacial score (nSPS) is 11.5. The molecule has 176 valence electrons. The molecule has 0 aliphatic rings. The van der Waals surface area contributed by atoms with Gasteiger partial charge >= 0.3 is 5.97 Å². The lowest BCUT2D eigenvalue weighted by atomic mass is 10.1. The summed E-state index contributed by atoms with van der Waals surface area (Å²) in [6, 6.07) is 8.44. The molecule has 0 saturated heterocycles. The van der Waals surface area contributed by atoms with Gasteiger partial charge in [0, 0.05) is 12.5 Å². The number of esters is 1. The Labute approximate surface area is 197 Å². The van der Waals surface area contributed by atoms with Crippen LogP contribution < -0.4 is 33.8 Å². The first-order valence-electron chi connectivity index (χ1n) is 9.96. The summed E-state index contributed by atoms with van der Waals surface area (Å²) in [5.74, 6) is 1.93. The summed E-state index contributed by atoms with van der Waals surface area (Å²) >= 11 is 1.20. The topological polar surface area (TPSA) is 110 Å². The molecule has 2 heterocycles. The summed E-state index contributed by atoms with van der Waals surface area (Å²) in [7, 11) is 6.03. The van der Waals surface area contributed by atoms with Gasteiger partial charge in [-0.15, -0.1) is 5.10 Å². The van der Waals surface area contributed by atoms with E-state index in [-0.39, 0.29) is 5.56 Å². The van der Waals surface area contributed by atoms with Gasteiger partial charge in [-0.3, -0.25) is 9.59 Å². The molecule has 10 nitrogen and oxygen atoms in total. The maximum atomic E-state index is 13.0. The van der Waals surface area contributed by atoms with E-state index in [1.54, 1.807) is 36.4 Å². The third kappa shape index (κ3) is 4.25. The SMILES string of the molecule is COc1cc(/C=c2\sc3nc(-c4cc(OC)c(OC)c(OC)c4)nn3c2=O)ccc1OC(C)=O. The van der Waals surface area contributed by atoms with Gasteiger partial charge in [0.05, 0.1) is 33.0 Å². The number of rotatable bonds is 7. The highest BCUT2D eigenvalue weighted by atomic mass is 32.1. The van der Waals surface area contributed by atoms with Crippen molar-refractivity contribution in [3.63, 3.8) is 0 Å². The molecule has 0 atom stereocenters. The average molecular weight is 484 g/mol. The number of carbonyl (C=O) groups is 1. The van der Waals surface area contributed by atoms with Crippen molar-refractivity contribution in [2.24, 2.45) is 0 Å². The number of ether oxygens (including phenoxy) is 5. The number of hydrogen-bond acceptors (Lipinski definition) is 10. The zero-order valence-corrected chi connectivity index (χ0v) is 19.9. The van der Waals surface area contributed by atoms with Gasteiger partial charge in [-0.25, -0.2) is 0 Å². The molecule has 0 bridgehead atoms.